The van der Waals surface area contributed by atoms with Crippen molar-refractivity contribution in [1.29, 1.82) is 0 Å². The van der Waals surface area contributed by atoms with E-state index >= 15 is 0 Å². The summed E-state index contributed by atoms with van der Waals surface area (Å²) in [5.41, 5.74) is 0. The van der Waals surface area contributed by atoms with Crippen LogP contribution in [-0.4, -0.2) is 27.9 Å². The van der Waals surface area contributed by atoms with Crippen molar-refractivity contribution in [2.45, 2.75) is 6.92 Å². The Kier molecular flexibility index (Phi) is 19.9. The number of aliphatic hydroxyl groups is 1. The fourth-order valence-electron chi connectivity index (χ4n) is 0. The molecule has 0 saturated heterocycles. The van der Waals surface area contributed by atoms with Crippen molar-refractivity contribution >= 4 is 50.5 Å². The summed E-state index contributed by atoms with van der Waals surface area (Å²) in [5.74, 6) is 0. The Morgan fingerprint density at radius 2 is 1.00 bits per heavy atom. The first-order chi connectivity index (χ1) is 5.37. The van der Waals surface area contributed by atoms with Crippen LogP contribution in [0.15, 0.2) is 0 Å². The van der Waals surface area contributed by atoms with Crippen LogP contribution >= 0.6 is 34.8 Å². The molecule has 0 amide bonds. The third kappa shape index (κ3) is 52.1. The molecule has 7 heteroatoms. The SMILES string of the molecule is CC(=O)Cl.CO.O=C(Cl)C(=O)Cl. The van der Waals surface area contributed by atoms with Crippen molar-refractivity contribution in [2.24, 2.45) is 0 Å². The molecule has 0 unspecified atom stereocenters. The molecule has 0 spiro atoms. The summed E-state index contributed by atoms with van der Waals surface area (Å²) < 4.78 is 0. The number of aliphatic hydroxyl groups excluding tert-OH is 1. The average Bonchev–Trinajstić information content (AvgIpc) is 1.90. The van der Waals surface area contributed by atoms with Crippen LogP contribution < -0.4 is 0 Å². The molecule has 0 aromatic heterocycles. The standard InChI is InChI=1S/C2Cl2O2.C2H3ClO.CH4O/c3-1(5)2(4)6;1-2(3)4;1-2/h;1H3;2H,1H3. The summed E-state index contributed by atoms with van der Waals surface area (Å²) in [4.78, 5) is 28.1. The Labute approximate surface area is 84.4 Å². The van der Waals surface area contributed by atoms with Gasteiger partial charge in [-0.15, -0.1) is 0 Å². The normalized spacial score (nSPS) is 6.50. The lowest BCUT2D eigenvalue weighted by Crippen LogP contribution is -1.94. The Morgan fingerprint density at radius 1 is 0.917 bits per heavy atom. The molecule has 0 bridgehead atoms. The highest BCUT2D eigenvalue weighted by Gasteiger charge is 2.01. The van der Waals surface area contributed by atoms with Gasteiger partial charge in [0.1, 0.15) is 0 Å². The highest BCUT2D eigenvalue weighted by atomic mass is 35.5. The minimum atomic E-state index is -1.14. The molecule has 0 aliphatic carbocycles. The topological polar surface area (TPSA) is 71.4 Å². The second kappa shape index (κ2) is 13.4. The summed E-state index contributed by atoms with van der Waals surface area (Å²) in [6.07, 6.45) is 0. The van der Waals surface area contributed by atoms with Gasteiger partial charge in [-0.2, -0.15) is 0 Å². The maximum atomic E-state index is 9.43. The quantitative estimate of drug-likeness (QED) is 0.543. The van der Waals surface area contributed by atoms with E-state index in [1.807, 2.05) is 0 Å². The smallest absolute Gasteiger partial charge is 0.304 e. The van der Waals surface area contributed by atoms with E-state index in [1.165, 1.54) is 6.92 Å². The number of hydrogen-bond acceptors (Lipinski definition) is 4. The van der Waals surface area contributed by atoms with Gasteiger partial charge in [-0.3, -0.25) is 14.4 Å². The van der Waals surface area contributed by atoms with Gasteiger partial charge in [0.05, 0.1) is 0 Å². The fourth-order valence-corrected chi connectivity index (χ4v) is 0. The molecule has 0 aliphatic heterocycles. The lowest BCUT2D eigenvalue weighted by atomic mass is 10.9. The molecule has 0 rings (SSSR count). The second-order valence-corrected chi connectivity index (χ2v) is 2.24. The third-order valence-corrected chi connectivity index (χ3v) is 0.595. The van der Waals surface area contributed by atoms with Crippen LogP contribution in [0.4, 0.5) is 0 Å². The number of hydrogen-bond donors (Lipinski definition) is 1. The zero-order chi connectivity index (χ0) is 10.7. The molecule has 1 N–H and O–H groups in total. The van der Waals surface area contributed by atoms with E-state index < -0.39 is 10.5 Å². The van der Waals surface area contributed by atoms with Crippen LogP contribution in [0.3, 0.4) is 0 Å². The van der Waals surface area contributed by atoms with Crippen molar-refractivity contribution in [3.05, 3.63) is 0 Å². The van der Waals surface area contributed by atoms with Crippen LogP contribution in [0.1, 0.15) is 6.92 Å². The van der Waals surface area contributed by atoms with Crippen LogP contribution in [-0.2, 0) is 14.4 Å². The predicted molar refractivity (Wildman–Crippen MR) is 46.4 cm³/mol. The highest BCUT2D eigenvalue weighted by molar-refractivity contribution is 6.97. The van der Waals surface area contributed by atoms with E-state index in [9.17, 15) is 14.4 Å². The molecule has 0 saturated carbocycles. The summed E-state index contributed by atoms with van der Waals surface area (Å²) >= 11 is 13.6. The van der Waals surface area contributed by atoms with E-state index in [0.29, 0.717) is 0 Å². The Bertz CT molecular complexity index is 141. The van der Waals surface area contributed by atoms with E-state index in [0.717, 1.165) is 7.11 Å². The van der Waals surface area contributed by atoms with Crippen molar-refractivity contribution in [3.63, 3.8) is 0 Å². The molecule has 0 radical (unpaired) electrons. The number of carbonyl (C=O) groups is 3. The van der Waals surface area contributed by atoms with E-state index in [2.05, 4.69) is 34.8 Å². The van der Waals surface area contributed by atoms with Gasteiger partial charge in [-0.1, -0.05) is 0 Å². The Hall–Kier alpha value is -0.160. The monoisotopic (exact) mass is 236 g/mol. The van der Waals surface area contributed by atoms with Crippen LogP contribution in [0.5, 0.6) is 0 Å². The minimum Gasteiger partial charge on any atom is -0.400 e. The fraction of sp³-hybridized carbons (Fsp3) is 0.400. The Balaban J connectivity index is -0.000000118. The third-order valence-electron chi connectivity index (χ3n) is 0.155. The molecule has 0 aromatic carbocycles. The van der Waals surface area contributed by atoms with Crippen molar-refractivity contribution in [3.8, 4) is 0 Å². The van der Waals surface area contributed by atoms with Crippen molar-refractivity contribution in [1.82, 2.24) is 0 Å². The predicted octanol–water partition coefficient (Wildman–Crippen LogP) is 0.897. The summed E-state index contributed by atoms with van der Waals surface area (Å²) in [7, 11) is 1.00. The van der Waals surface area contributed by atoms with E-state index in [1.54, 1.807) is 0 Å². The lowest BCUT2D eigenvalue weighted by Gasteiger charge is -1.67. The van der Waals surface area contributed by atoms with Crippen molar-refractivity contribution in [2.75, 3.05) is 7.11 Å². The molecule has 12 heavy (non-hydrogen) atoms. The molecule has 4 nitrogen and oxygen atoms in total. The number of rotatable bonds is 1. The van der Waals surface area contributed by atoms with Gasteiger partial charge in [-0.05, 0) is 34.8 Å². The molecule has 72 valence electrons. The zero-order valence-corrected chi connectivity index (χ0v) is 8.57. The maximum Gasteiger partial charge on any atom is 0.304 e. The van der Waals surface area contributed by atoms with Gasteiger partial charge in [0.2, 0.25) is 5.24 Å². The van der Waals surface area contributed by atoms with Crippen LogP contribution in [0, 0.1) is 0 Å². The Morgan fingerprint density at radius 3 is 1.00 bits per heavy atom. The molecule has 0 aliphatic rings. The van der Waals surface area contributed by atoms with Crippen LogP contribution in [0.2, 0.25) is 0 Å². The van der Waals surface area contributed by atoms with E-state index in [4.69, 9.17) is 5.11 Å². The molecule has 0 fully saturated rings. The van der Waals surface area contributed by atoms with Gasteiger partial charge in [-0.25, -0.2) is 0 Å². The van der Waals surface area contributed by atoms with Crippen LogP contribution in [0.25, 0.3) is 0 Å². The second-order valence-electron chi connectivity index (χ2n) is 1.02. The first-order valence-electron chi connectivity index (χ1n) is 2.38. The van der Waals surface area contributed by atoms with Gasteiger partial charge in [0.25, 0.3) is 0 Å². The lowest BCUT2D eigenvalue weighted by molar-refractivity contribution is -0.127. The first kappa shape index (κ1) is 17.8. The van der Waals surface area contributed by atoms with Gasteiger partial charge >= 0.3 is 10.5 Å². The zero-order valence-electron chi connectivity index (χ0n) is 6.31. The van der Waals surface area contributed by atoms with E-state index in [-0.39, 0.29) is 5.24 Å². The summed E-state index contributed by atoms with van der Waals surface area (Å²) in [6, 6.07) is 0. The number of carbonyl (C=O) groups excluding carboxylic acids is 3. The molecule has 0 aromatic rings. The maximum absolute atomic E-state index is 9.43. The van der Waals surface area contributed by atoms with Gasteiger partial charge in [0.15, 0.2) is 0 Å². The molecule has 0 atom stereocenters. The average molecular weight is 237 g/mol. The number of halogens is 3. The highest BCUT2D eigenvalue weighted by Crippen LogP contribution is 1.84. The van der Waals surface area contributed by atoms with Crippen molar-refractivity contribution < 1.29 is 19.5 Å². The molecular weight excluding hydrogens is 230 g/mol. The van der Waals surface area contributed by atoms with Gasteiger partial charge in [0, 0.05) is 14.0 Å². The largest absolute Gasteiger partial charge is 0.400 e. The summed E-state index contributed by atoms with van der Waals surface area (Å²) in [5, 5.41) is 4.35. The molecular formula is C5H7Cl3O4. The minimum absolute atomic E-state index is 0.361. The first-order valence-corrected chi connectivity index (χ1v) is 3.51. The summed E-state index contributed by atoms with van der Waals surface area (Å²) in [6.45, 7) is 1.29. The van der Waals surface area contributed by atoms with Gasteiger partial charge < -0.3 is 5.11 Å². The molecule has 0 heterocycles.